The van der Waals surface area contributed by atoms with E-state index in [0.717, 1.165) is 5.92 Å². The molecule has 0 radical (unpaired) electrons. The fourth-order valence-corrected chi connectivity index (χ4v) is 2.72. The van der Waals surface area contributed by atoms with Crippen molar-refractivity contribution in [2.75, 3.05) is 5.32 Å². The molecule has 1 aromatic heterocycles. The summed E-state index contributed by atoms with van der Waals surface area (Å²) >= 11 is 0. The van der Waals surface area contributed by atoms with E-state index in [9.17, 15) is 0 Å². The maximum Gasteiger partial charge on any atom is 0.0728 e. The lowest BCUT2D eigenvalue weighted by molar-refractivity contribution is 0.327. The first kappa shape index (κ1) is 12.5. The van der Waals surface area contributed by atoms with E-state index in [4.69, 9.17) is 0 Å². The van der Waals surface area contributed by atoms with Crippen LogP contribution in [0.1, 0.15) is 58.9 Å². The molecule has 1 N–H and O–H groups in total. The molecule has 1 fully saturated rings. The van der Waals surface area contributed by atoms with Gasteiger partial charge in [-0.25, -0.2) is 0 Å². The summed E-state index contributed by atoms with van der Waals surface area (Å²) in [6.45, 7) is 6.62. The summed E-state index contributed by atoms with van der Waals surface area (Å²) in [5, 5.41) is 8.01. The second-order valence-corrected chi connectivity index (χ2v) is 5.58. The Labute approximate surface area is 105 Å². The molecule has 0 amide bonds. The van der Waals surface area contributed by atoms with E-state index in [-0.39, 0.29) is 0 Å². The molecule has 0 bridgehead atoms. The van der Waals surface area contributed by atoms with Gasteiger partial charge in [0.15, 0.2) is 0 Å². The third-order valence-corrected chi connectivity index (χ3v) is 3.86. The molecule has 2 unspecified atom stereocenters. The SMILES string of the molecule is CCC1CCCC(Nc2cnn(C(C)C)c2)C1. The Kier molecular flexibility index (Phi) is 4.08. The standard InChI is InChI=1S/C14H25N3/c1-4-12-6-5-7-13(8-12)16-14-9-15-17(10-14)11(2)3/h9-13,16H,4-8H2,1-3H3. The Morgan fingerprint density at radius 1 is 1.47 bits per heavy atom. The van der Waals surface area contributed by atoms with Crippen LogP contribution in [0.2, 0.25) is 0 Å². The number of rotatable bonds is 4. The molecule has 96 valence electrons. The van der Waals surface area contributed by atoms with Gasteiger partial charge in [-0.05, 0) is 32.6 Å². The molecular formula is C14H25N3. The smallest absolute Gasteiger partial charge is 0.0728 e. The highest BCUT2D eigenvalue weighted by Gasteiger charge is 2.20. The van der Waals surface area contributed by atoms with Crippen LogP contribution in [-0.4, -0.2) is 15.8 Å². The highest BCUT2D eigenvalue weighted by Crippen LogP contribution is 2.28. The number of anilines is 1. The van der Waals surface area contributed by atoms with Gasteiger partial charge in [-0.2, -0.15) is 5.10 Å². The number of nitrogens with zero attached hydrogens (tertiary/aromatic N) is 2. The van der Waals surface area contributed by atoms with Crippen LogP contribution in [0.4, 0.5) is 5.69 Å². The lowest BCUT2D eigenvalue weighted by atomic mass is 9.84. The molecule has 1 heterocycles. The topological polar surface area (TPSA) is 29.9 Å². The van der Waals surface area contributed by atoms with Crippen molar-refractivity contribution in [1.29, 1.82) is 0 Å². The van der Waals surface area contributed by atoms with Crippen molar-refractivity contribution in [3.8, 4) is 0 Å². The van der Waals surface area contributed by atoms with E-state index in [1.165, 1.54) is 37.8 Å². The summed E-state index contributed by atoms with van der Waals surface area (Å²) in [6.07, 6.45) is 10.8. The van der Waals surface area contributed by atoms with E-state index in [1.54, 1.807) is 0 Å². The largest absolute Gasteiger partial charge is 0.380 e. The number of hydrogen-bond donors (Lipinski definition) is 1. The molecule has 1 aliphatic carbocycles. The van der Waals surface area contributed by atoms with Gasteiger partial charge in [0.1, 0.15) is 0 Å². The zero-order valence-corrected chi connectivity index (χ0v) is 11.3. The van der Waals surface area contributed by atoms with E-state index in [0.29, 0.717) is 12.1 Å². The van der Waals surface area contributed by atoms with Gasteiger partial charge in [0.25, 0.3) is 0 Å². The van der Waals surface area contributed by atoms with Crippen LogP contribution in [0.3, 0.4) is 0 Å². The van der Waals surface area contributed by atoms with Crippen LogP contribution in [0, 0.1) is 5.92 Å². The molecule has 3 nitrogen and oxygen atoms in total. The fourth-order valence-electron chi connectivity index (χ4n) is 2.72. The van der Waals surface area contributed by atoms with Crippen molar-refractivity contribution in [1.82, 2.24) is 9.78 Å². The van der Waals surface area contributed by atoms with Gasteiger partial charge in [0.05, 0.1) is 11.9 Å². The predicted molar refractivity (Wildman–Crippen MR) is 72.3 cm³/mol. The summed E-state index contributed by atoms with van der Waals surface area (Å²) < 4.78 is 2.02. The number of aromatic nitrogens is 2. The molecule has 0 spiro atoms. The minimum Gasteiger partial charge on any atom is -0.380 e. The van der Waals surface area contributed by atoms with Crippen LogP contribution >= 0.6 is 0 Å². The third kappa shape index (κ3) is 3.24. The molecule has 1 aliphatic rings. The molecule has 1 aromatic rings. The van der Waals surface area contributed by atoms with Gasteiger partial charge in [-0.3, -0.25) is 4.68 Å². The minimum absolute atomic E-state index is 0.445. The molecule has 0 aromatic carbocycles. The monoisotopic (exact) mass is 235 g/mol. The number of nitrogens with one attached hydrogen (secondary N) is 1. The summed E-state index contributed by atoms with van der Waals surface area (Å²) in [6, 6.07) is 1.10. The highest BCUT2D eigenvalue weighted by molar-refractivity contribution is 5.39. The third-order valence-electron chi connectivity index (χ3n) is 3.86. The Morgan fingerprint density at radius 3 is 2.94 bits per heavy atom. The van der Waals surface area contributed by atoms with Crippen LogP contribution in [0.5, 0.6) is 0 Å². The molecule has 0 aliphatic heterocycles. The Balaban J connectivity index is 1.91. The predicted octanol–water partition coefficient (Wildman–Crippen LogP) is 3.84. The van der Waals surface area contributed by atoms with Crippen LogP contribution in [0.25, 0.3) is 0 Å². The van der Waals surface area contributed by atoms with E-state index >= 15 is 0 Å². The lowest BCUT2D eigenvalue weighted by Crippen LogP contribution is -2.26. The van der Waals surface area contributed by atoms with Gasteiger partial charge < -0.3 is 5.32 Å². The summed E-state index contributed by atoms with van der Waals surface area (Å²) in [7, 11) is 0. The van der Waals surface area contributed by atoms with Gasteiger partial charge in [-0.1, -0.05) is 26.2 Å². The minimum atomic E-state index is 0.445. The average molecular weight is 235 g/mol. The van der Waals surface area contributed by atoms with E-state index in [1.807, 2.05) is 10.9 Å². The summed E-state index contributed by atoms with van der Waals surface area (Å²) in [5.74, 6) is 0.918. The average Bonchev–Trinajstić information content (AvgIpc) is 2.78. The van der Waals surface area contributed by atoms with E-state index < -0.39 is 0 Å². The Morgan fingerprint density at radius 2 is 2.29 bits per heavy atom. The van der Waals surface area contributed by atoms with Crippen molar-refractivity contribution in [3.05, 3.63) is 12.4 Å². The summed E-state index contributed by atoms with van der Waals surface area (Å²) in [5.41, 5.74) is 1.18. The maximum atomic E-state index is 4.37. The van der Waals surface area contributed by atoms with Gasteiger partial charge in [0, 0.05) is 18.3 Å². The highest BCUT2D eigenvalue weighted by atomic mass is 15.3. The fraction of sp³-hybridized carbons (Fsp3) is 0.786. The first-order valence-electron chi connectivity index (χ1n) is 6.99. The van der Waals surface area contributed by atoms with Crippen molar-refractivity contribution in [2.45, 2.75) is 65.0 Å². The van der Waals surface area contributed by atoms with Crippen molar-refractivity contribution < 1.29 is 0 Å². The quantitative estimate of drug-likeness (QED) is 0.859. The second-order valence-electron chi connectivity index (χ2n) is 5.58. The molecule has 3 heteroatoms. The van der Waals surface area contributed by atoms with E-state index in [2.05, 4.69) is 37.4 Å². The van der Waals surface area contributed by atoms with Crippen molar-refractivity contribution >= 4 is 5.69 Å². The maximum absolute atomic E-state index is 4.37. The van der Waals surface area contributed by atoms with Gasteiger partial charge >= 0.3 is 0 Å². The van der Waals surface area contributed by atoms with Crippen LogP contribution in [0.15, 0.2) is 12.4 Å². The number of hydrogen-bond acceptors (Lipinski definition) is 2. The molecule has 2 rings (SSSR count). The molecule has 0 saturated heterocycles. The van der Waals surface area contributed by atoms with Crippen molar-refractivity contribution in [2.24, 2.45) is 5.92 Å². The van der Waals surface area contributed by atoms with Gasteiger partial charge in [-0.15, -0.1) is 0 Å². The second kappa shape index (κ2) is 5.56. The lowest BCUT2D eigenvalue weighted by Gasteiger charge is -2.29. The Hall–Kier alpha value is -0.990. The normalized spacial score (nSPS) is 25.2. The molecular weight excluding hydrogens is 210 g/mol. The van der Waals surface area contributed by atoms with Crippen molar-refractivity contribution in [3.63, 3.8) is 0 Å². The summed E-state index contributed by atoms with van der Waals surface area (Å²) in [4.78, 5) is 0. The zero-order valence-electron chi connectivity index (χ0n) is 11.3. The van der Waals surface area contributed by atoms with Gasteiger partial charge in [0.2, 0.25) is 0 Å². The Bertz CT molecular complexity index is 343. The molecule has 17 heavy (non-hydrogen) atoms. The first-order valence-corrected chi connectivity index (χ1v) is 6.99. The zero-order chi connectivity index (χ0) is 12.3. The first-order chi connectivity index (χ1) is 8.19. The molecule has 2 atom stereocenters. The van der Waals surface area contributed by atoms with Crippen LogP contribution in [-0.2, 0) is 0 Å². The van der Waals surface area contributed by atoms with Crippen LogP contribution < -0.4 is 5.32 Å². The molecule has 1 saturated carbocycles.